The summed E-state index contributed by atoms with van der Waals surface area (Å²) in [5, 5.41) is 6.70. The fraction of sp³-hybridized carbons (Fsp3) is 0.929. The normalized spacial score (nSPS) is 24.3. The lowest BCUT2D eigenvalue weighted by Crippen LogP contribution is -2.60. The summed E-state index contributed by atoms with van der Waals surface area (Å²) in [4.78, 5) is 14.5. The molecule has 0 saturated carbocycles. The molecule has 4 heteroatoms. The van der Waals surface area contributed by atoms with Crippen molar-refractivity contribution in [2.45, 2.75) is 65.1 Å². The van der Waals surface area contributed by atoms with Crippen LogP contribution in [0.5, 0.6) is 0 Å². The standard InChI is InChI=1S/C14H29N3O/c1-5-6-7-8-17(11(2)3)14(18)13-10-15-12(4)9-16-13/h11-13,15-16H,5-10H2,1-4H3. The highest BCUT2D eigenvalue weighted by Gasteiger charge is 2.28. The van der Waals surface area contributed by atoms with E-state index >= 15 is 0 Å². The van der Waals surface area contributed by atoms with Crippen molar-refractivity contribution in [1.82, 2.24) is 15.5 Å². The van der Waals surface area contributed by atoms with Gasteiger partial charge in [0, 0.05) is 31.7 Å². The van der Waals surface area contributed by atoms with Crippen molar-refractivity contribution in [2.75, 3.05) is 19.6 Å². The molecule has 2 N–H and O–H groups in total. The van der Waals surface area contributed by atoms with Crippen molar-refractivity contribution in [1.29, 1.82) is 0 Å². The van der Waals surface area contributed by atoms with E-state index in [1.165, 1.54) is 12.8 Å². The summed E-state index contributed by atoms with van der Waals surface area (Å²) in [5.74, 6) is 0.250. The number of hydrogen-bond donors (Lipinski definition) is 2. The van der Waals surface area contributed by atoms with Crippen molar-refractivity contribution in [3.8, 4) is 0 Å². The lowest BCUT2D eigenvalue weighted by Gasteiger charge is -2.34. The van der Waals surface area contributed by atoms with Crippen molar-refractivity contribution < 1.29 is 4.79 Å². The first-order valence-corrected chi connectivity index (χ1v) is 7.33. The molecule has 1 aliphatic rings. The number of unbranched alkanes of at least 4 members (excludes halogenated alkanes) is 2. The first kappa shape index (κ1) is 15.4. The molecule has 1 amide bonds. The molecule has 0 aromatic rings. The van der Waals surface area contributed by atoms with Gasteiger partial charge in [0.05, 0.1) is 6.04 Å². The fourth-order valence-corrected chi connectivity index (χ4v) is 2.31. The Labute approximate surface area is 111 Å². The summed E-state index contributed by atoms with van der Waals surface area (Å²) in [6, 6.07) is 0.697. The predicted octanol–water partition coefficient (Wildman–Crippen LogP) is 1.36. The zero-order chi connectivity index (χ0) is 13.5. The number of hydrogen-bond acceptors (Lipinski definition) is 3. The summed E-state index contributed by atoms with van der Waals surface area (Å²) in [7, 11) is 0. The van der Waals surface area contributed by atoms with E-state index in [1.807, 2.05) is 4.90 Å². The van der Waals surface area contributed by atoms with E-state index in [0.29, 0.717) is 6.04 Å². The smallest absolute Gasteiger partial charge is 0.241 e. The van der Waals surface area contributed by atoms with Crippen molar-refractivity contribution >= 4 is 5.91 Å². The molecular weight excluding hydrogens is 226 g/mol. The minimum Gasteiger partial charge on any atom is -0.339 e. The van der Waals surface area contributed by atoms with E-state index in [9.17, 15) is 4.79 Å². The Morgan fingerprint density at radius 2 is 2.00 bits per heavy atom. The largest absolute Gasteiger partial charge is 0.339 e. The van der Waals surface area contributed by atoms with Gasteiger partial charge in [0.15, 0.2) is 0 Å². The molecule has 1 heterocycles. The van der Waals surface area contributed by atoms with Crippen LogP contribution in [-0.2, 0) is 4.79 Å². The van der Waals surface area contributed by atoms with E-state index in [-0.39, 0.29) is 18.0 Å². The van der Waals surface area contributed by atoms with Gasteiger partial charge in [0.25, 0.3) is 0 Å². The molecular formula is C14H29N3O. The summed E-state index contributed by atoms with van der Waals surface area (Å²) in [6.45, 7) is 11.0. The SMILES string of the molecule is CCCCCN(C(=O)C1CNC(C)CN1)C(C)C. The Bertz CT molecular complexity index is 247. The maximum absolute atomic E-state index is 12.5. The van der Waals surface area contributed by atoms with Crippen LogP contribution < -0.4 is 10.6 Å². The van der Waals surface area contributed by atoms with Gasteiger partial charge in [-0.15, -0.1) is 0 Å². The van der Waals surface area contributed by atoms with Crippen LogP contribution in [0.3, 0.4) is 0 Å². The number of amides is 1. The molecule has 2 unspecified atom stereocenters. The first-order chi connectivity index (χ1) is 8.56. The second-order valence-corrected chi connectivity index (χ2v) is 5.60. The van der Waals surface area contributed by atoms with Gasteiger partial charge in [-0.25, -0.2) is 0 Å². The van der Waals surface area contributed by atoms with Gasteiger partial charge in [-0.3, -0.25) is 4.79 Å². The molecule has 1 rings (SSSR count). The lowest BCUT2D eigenvalue weighted by atomic mass is 10.1. The van der Waals surface area contributed by atoms with Crippen LogP contribution in [0.25, 0.3) is 0 Å². The topological polar surface area (TPSA) is 44.4 Å². The highest BCUT2D eigenvalue weighted by atomic mass is 16.2. The molecule has 1 fully saturated rings. The van der Waals surface area contributed by atoms with Crippen molar-refractivity contribution in [3.05, 3.63) is 0 Å². The summed E-state index contributed by atoms with van der Waals surface area (Å²) in [5.41, 5.74) is 0. The third-order valence-electron chi connectivity index (χ3n) is 3.55. The molecule has 0 radical (unpaired) electrons. The number of piperazine rings is 1. The van der Waals surface area contributed by atoms with Gasteiger partial charge in [-0.2, -0.15) is 0 Å². The van der Waals surface area contributed by atoms with E-state index in [4.69, 9.17) is 0 Å². The zero-order valence-electron chi connectivity index (χ0n) is 12.3. The number of carbonyl (C=O) groups excluding carboxylic acids is 1. The third-order valence-corrected chi connectivity index (χ3v) is 3.55. The van der Waals surface area contributed by atoms with Crippen LogP contribution in [0.4, 0.5) is 0 Å². The number of carbonyl (C=O) groups is 1. The van der Waals surface area contributed by atoms with Crippen LogP contribution >= 0.6 is 0 Å². The molecule has 0 aromatic carbocycles. The summed E-state index contributed by atoms with van der Waals surface area (Å²) >= 11 is 0. The Balaban J connectivity index is 2.48. The molecule has 0 aromatic heterocycles. The van der Waals surface area contributed by atoms with Crippen LogP contribution in [0, 0.1) is 0 Å². The molecule has 0 spiro atoms. The Kier molecular flexibility index (Phi) is 6.65. The summed E-state index contributed by atoms with van der Waals surface area (Å²) < 4.78 is 0. The van der Waals surface area contributed by atoms with Gasteiger partial charge in [0.1, 0.15) is 0 Å². The molecule has 4 nitrogen and oxygen atoms in total. The van der Waals surface area contributed by atoms with Gasteiger partial charge in [0.2, 0.25) is 5.91 Å². The second kappa shape index (κ2) is 7.74. The maximum Gasteiger partial charge on any atom is 0.241 e. The van der Waals surface area contributed by atoms with Gasteiger partial charge >= 0.3 is 0 Å². The maximum atomic E-state index is 12.5. The van der Waals surface area contributed by atoms with Crippen LogP contribution in [0.1, 0.15) is 47.0 Å². The molecule has 0 aliphatic carbocycles. The number of nitrogens with zero attached hydrogens (tertiary/aromatic N) is 1. The van der Waals surface area contributed by atoms with Gasteiger partial charge < -0.3 is 15.5 Å². The Morgan fingerprint density at radius 1 is 1.28 bits per heavy atom. The predicted molar refractivity (Wildman–Crippen MR) is 75.6 cm³/mol. The zero-order valence-corrected chi connectivity index (χ0v) is 12.3. The van der Waals surface area contributed by atoms with Gasteiger partial charge in [-0.1, -0.05) is 19.8 Å². The summed E-state index contributed by atoms with van der Waals surface area (Å²) in [6.07, 6.45) is 3.50. The third kappa shape index (κ3) is 4.58. The molecule has 1 aliphatic heterocycles. The second-order valence-electron chi connectivity index (χ2n) is 5.60. The average Bonchev–Trinajstić information content (AvgIpc) is 2.34. The Hall–Kier alpha value is -0.610. The molecule has 106 valence electrons. The monoisotopic (exact) mass is 255 g/mol. The number of rotatable bonds is 6. The first-order valence-electron chi connectivity index (χ1n) is 7.33. The van der Waals surface area contributed by atoms with Crippen molar-refractivity contribution in [3.63, 3.8) is 0 Å². The average molecular weight is 255 g/mol. The highest BCUT2D eigenvalue weighted by molar-refractivity contribution is 5.82. The molecule has 0 bridgehead atoms. The van der Waals surface area contributed by atoms with Gasteiger partial charge in [-0.05, 0) is 27.2 Å². The highest BCUT2D eigenvalue weighted by Crippen LogP contribution is 2.07. The quantitative estimate of drug-likeness (QED) is 0.705. The van der Waals surface area contributed by atoms with E-state index in [2.05, 4.69) is 38.3 Å². The van der Waals surface area contributed by atoms with Crippen LogP contribution in [-0.4, -0.2) is 48.6 Å². The van der Waals surface area contributed by atoms with E-state index in [1.54, 1.807) is 0 Å². The minimum absolute atomic E-state index is 0.0507. The molecule has 1 saturated heterocycles. The molecule has 2 atom stereocenters. The Morgan fingerprint density at radius 3 is 2.50 bits per heavy atom. The number of nitrogens with one attached hydrogen (secondary N) is 2. The fourth-order valence-electron chi connectivity index (χ4n) is 2.31. The van der Waals surface area contributed by atoms with Crippen LogP contribution in [0.2, 0.25) is 0 Å². The van der Waals surface area contributed by atoms with Crippen LogP contribution in [0.15, 0.2) is 0 Å². The van der Waals surface area contributed by atoms with Crippen molar-refractivity contribution in [2.24, 2.45) is 0 Å². The molecule has 18 heavy (non-hydrogen) atoms. The van der Waals surface area contributed by atoms with E-state index in [0.717, 1.165) is 26.1 Å². The lowest BCUT2D eigenvalue weighted by molar-refractivity contribution is -0.135. The van der Waals surface area contributed by atoms with E-state index < -0.39 is 0 Å². The minimum atomic E-state index is -0.0507.